The molecule has 0 aromatic rings. The number of hydrogen-bond donors (Lipinski definition) is 1. The van der Waals surface area contributed by atoms with Crippen LogP contribution >= 0.6 is 12.2 Å². The number of thiocarbonyl (C=S) groups is 1. The lowest BCUT2D eigenvalue weighted by atomic mass is 10.1. The van der Waals surface area contributed by atoms with Crippen molar-refractivity contribution in [3.8, 4) is 0 Å². The van der Waals surface area contributed by atoms with Crippen molar-refractivity contribution in [1.29, 1.82) is 0 Å². The van der Waals surface area contributed by atoms with E-state index in [2.05, 4.69) is 6.92 Å². The molecule has 5 heteroatoms. The second kappa shape index (κ2) is 6.81. The minimum absolute atomic E-state index is 0.193. The first-order chi connectivity index (χ1) is 7.65. The van der Waals surface area contributed by atoms with Crippen LogP contribution in [0.25, 0.3) is 0 Å². The number of amides is 1. The molecule has 1 rings (SSSR count). The Hall–Kier alpha value is -0.680. The molecule has 0 spiro atoms. The van der Waals surface area contributed by atoms with Gasteiger partial charge in [0.2, 0.25) is 5.91 Å². The van der Waals surface area contributed by atoms with E-state index in [0.717, 1.165) is 19.3 Å². The van der Waals surface area contributed by atoms with Crippen LogP contribution in [0.15, 0.2) is 0 Å². The number of nitrogens with two attached hydrogens (primary N) is 1. The zero-order valence-corrected chi connectivity index (χ0v) is 10.6. The summed E-state index contributed by atoms with van der Waals surface area (Å²) in [6.45, 7) is 3.83. The Labute approximate surface area is 102 Å². The van der Waals surface area contributed by atoms with Crippen LogP contribution < -0.4 is 5.73 Å². The van der Waals surface area contributed by atoms with Gasteiger partial charge in [-0.3, -0.25) is 4.79 Å². The fourth-order valence-corrected chi connectivity index (χ4v) is 1.87. The number of unbranched alkanes of at least 4 members (excludes halogenated alkanes) is 2. The third-order valence-electron chi connectivity index (χ3n) is 2.73. The van der Waals surface area contributed by atoms with Gasteiger partial charge in [-0.05, 0) is 6.42 Å². The molecule has 92 valence electrons. The molecule has 4 nitrogen and oxygen atoms in total. The van der Waals surface area contributed by atoms with E-state index in [0.29, 0.717) is 31.1 Å². The highest BCUT2D eigenvalue weighted by molar-refractivity contribution is 7.80. The number of hydrogen-bond acceptors (Lipinski definition) is 3. The molecular weight excluding hydrogens is 224 g/mol. The molecule has 0 bridgehead atoms. The maximum Gasteiger partial charge on any atom is 0.222 e. The van der Waals surface area contributed by atoms with Gasteiger partial charge in [-0.1, -0.05) is 32.0 Å². The SMILES string of the molecule is CCCCCC(=O)N1CCOC(C(N)=S)C1. The van der Waals surface area contributed by atoms with Crippen LogP contribution in [0.5, 0.6) is 0 Å². The summed E-state index contributed by atoms with van der Waals surface area (Å²) in [7, 11) is 0. The lowest BCUT2D eigenvalue weighted by Crippen LogP contribution is -2.49. The van der Waals surface area contributed by atoms with E-state index in [1.165, 1.54) is 0 Å². The van der Waals surface area contributed by atoms with E-state index < -0.39 is 0 Å². The second-order valence-electron chi connectivity index (χ2n) is 4.06. The molecule has 1 aliphatic rings. The van der Waals surface area contributed by atoms with E-state index in [1.807, 2.05) is 4.90 Å². The summed E-state index contributed by atoms with van der Waals surface area (Å²) in [5.41, 5.74) is 5.52. The van der Waals surface area contributed by atoms with Crippen LogP contribution in [-0.2, 0) is 9.53 Å². The van der Waals surface area contributed by atoms with Crippen LogP contribution in [0.4, 0.5) is 0 Å². The van der Waals surface area contributed by atoms with Gasteiger partial charge < -0.3 is 15.4 Å². The Morgan fingerprint density at radius 3 is 2.94 bits per heavy atom. The summed E-state index contributed by atoms with van der Waals surface area (Å²) in [6, 6.07) is 0. The van der Waals surface area contributed by atoms with E-state index >= 15 is 0 Å². The first-order valence-electron chi connectivity index (χ1n) is 5.83. The van der Waals surface area contributed by atoms with Crippen molar-refractivity contribution in [1.82, 2.24) is 4.90 Å². The average molecular weight is 244 g/mol. The Morgan fingerprint density at radius 1 is 1.56 bits per heavy atom. The summed E-state index contributed by atoms with van der Waals surface area (Å²) in [5.74, 6) is 0.193. The Balaban J connectivity index is 2.35. The van der Waals surface area contributed by atoms with Gasteiger partial charge >= 0.3 is 0 Å². The molecule has 1 unspecified atom stereocenters. The number of rotatable bonds is 5. The monoisotopic (exact) mass is 244 g/mol. The molecule has 1 fully saturated rings. The van der Waals surface area contributed by atoms with Crippen LogP contribution in [0.1, 0.15) is 32.6 Å². The first-order valence-corrected chi connectivity index (χ1v) is 6.24. The van der Waals surface area contributed by atoms with Crippen LogP contribution in [0.2, 0.25) is 0 Å². The third kappa shape index (κ3) is 4.06. The Bertz CT molecular complexity index is 258. The Morgan fingerprint density at radius 2 is 2.31 bits per heavy atom. The van der Waals surface area contributed by atoms with Gasteiger partial charge in [-0.15, -0.1) is 0 Å². The lowest BCUT2D eigenvalue weighted by Gasteiger charge is -2.32. The minimum atomic E-state index is -0.265. The van der Waals surface area contributed by atoms with Crippen LogP contribution in [0.3, 0.4) is 0 Å². The zero-order valence-electron chi connectivity index (χ0n) is 9.78. The number of carbonyl (C=O) groups excluding carboxylic acids is 1. The summed E-state index contributed by atoms with van der Waals surface area (Å²) in [5, 5.41) is 0. The van der Waals surface area contributed by atoms with Gasteiger partial charge in [0.1, 0.15) is 11.1 Å². The molecule has 1 heterocycles. The van der Waals surface area contributed by atoms with Gasteiger partial charge in [0.25, 0.3) is 0 Å². The summed E-state index contributed by atoms with van der Waals surface area (Å²) >= 11 is 4.88. The topological polar surface area (TPSA) is 55.6 Å². The van der Waals surface area contributed by atoms with Crippen molar-refractivity contribution in [3.05, 3.63) is 0 Å². The van der Waals surface area contributed by atoms with E-state index in [9.17, 15) is 4.79 Å². The first kappa shape index (κ1) is 13.4. The third-order valence-corrected chi connectivity index (χ3v) is 2.99. The minimum Gasteiger partial charge on any atom is -0.391 e. The maximum atomic E-state index is 11.8. The highest BCUT2D eigenvalue weighted by Crippen LogP contribution is 2.09. The van der Waals surface area contributed by atoms with Gasteiger partial charge in [-0.2, -0.15) is 0 Å². The standard InChI is InChI=1S/C11H20N2O2S/c1-2-3-4-5-10(14)13-6-7-15-9(8-13)11(12)16/h9H,2-8H2,1H3,(H2,12,16). The van der Waals surface area contributed by atoms with Crippen LogP contribution in [0, 0.1) is 0 Å². The van der Waals surface area contributed by atoms with E-state index in [4.69, 9.17) is 22.7 Å². The zero-order chi connectivity index (χ0) is 12.0. The largest absolute Gasteiger partial charge is 0.391 e. The highest BCUT2D eigenvalue weighted by Gasteiger charge is 2.25. The predicted molar refractivity (Wildman–Crippen MR) is 67.2 cm³/mol. The summed E-state index contributed by atoms with van der Waals surface area (Å²) in [4.78, 5) is 14.0. The molecule has 1 saturated heterocycles. The van der Waals surface area contributed by atoms with Crippen molar-refractivity contribution in [2.24, 2.45) is 5.73 Å². The Kier molecular flexibility index (Phi) is 5.69. The second-order valence-corrected chi connectivity index (χ2v) is 4.53. The number of carbonyl (C=O) groups is 1. The molecule has 0 aromatic carbocycles. The van der Waals surface area contributed by atoms with Crippen molar-refractivity contribution in [3.63, 3.8) is 0 Å². The van der Waals surface area contributed by atoms with Crippen molar-refractivity contribution in [2.45, 2.75) is 38.7 Å². The summed E-state index contributed by atoms with van der Waals surface area (Å²) in [6.07, 6.45) is 3.56. The van der Waals surface area contributed by atoms with E-state index in [-0.39, 0.29) is 12.0 Å². The van der Waals surface area contributed by atoms with Gasteiger partial charge in [0.05, 0.1) is 13.2 Å². The smallest absolute Gasteiger partial charge is 0.222 e. The van der Waals surface area contributed by atoms with Gasteiger partial charge in [-0.25, -0.2) is 0 Å². The van der Waals surface area contributed by atoms with Crippen molar-refractivity contribution in [2.75, 3.05) is 19.7 Å². The summed E-state index contributed by atoms with van der Waals surface area (Å²) < 4.78 is 5.39. The number of nitrogens with zero attached hydrogens (tertiary/aromatic N) is 1. The quantitative estimate of drug-likeness (QED) is 0.581. The molecule has 0 radical (unpaired) electrons. The average Bonchev–Trinajstić information content (AvgIpc) is 2.29. The van der Waals surface area contributed by atoms with Gasteiger partial charge in [0.15, 0.2) is 0 Å². The fourth-order valence-electron chi connectivity index (χ4n) is 1.73. The normalized spacial score (nSPS) is 20.8. The molecule has 16 heavy (non-hydrogen) atoms. The fraction of sp³-hybridized carbons (Fsp3) is 0.818. The number of ether oxygens (including phenoxy) is 1. The molecule has 0 aromatic heterocycles. The maximum absolute atomic E-state index is 11.8. The number of morpholine rings is 1. The van der Waals surface area contributed by atoms with Crippen molar-refractivity contribution < 1.29 is 9.53 Å². The van der Waals surface area contributed by atoms with Gasteiger partial charge in [0, 0.05) is 13.0 Å². The molecule has 1 amide bonds. The molecule has 1 aliphatic heterocycles. The molecule has 0 saturated carbocycles. The highest BCUT2D eigenvalue weighted by atomic mass is 32.1. The molecule has 2 N–H and O–H groups in total. The molecular formula is C11H20N2O2S. The van der Waals surface area contributed by atoms with E-state index in [1.54, 1.807) is 0 Å². The molecule has 1 atom stereocenters. The predicted octanol–water partition coefficient (Wildman–Crippen LogP) is 1.08. The van der Waals surface area contributed by atoms with Crippen molar-refractivity contribution >= 4 is 23.1 Å². The van der Waals surface area contributed by atoms with Crippen LogP contribution in [-0.4, -0.2) is 41.6 Å². The molecule has 0 aliphatic carbocycles. The lowest BCUT2D eigenvalue weighted by molar-refractivity contribution is -0.136.